The van der Waals surface area contributed by atoms with Crippen molar-refractivity contribution in [1.29, 1.82) is 0 Å². The van der Waals surface area contributed by atoms with Crippen LogP contribution in [0, 0.1) is 20.8 Å². The summed E-state index contributed by atoms with van der Waals surface area (Å²) < 4.78 is 7.83. The molecule has 2 aromatic heterocycles. The SMILES string of the molecule is Cc1ccc(C)c(-n2ncc(NCc3cc(Br)no3)c2C)c1. The van der Waals surface area contributed by atoms with E-state index in [0.29, 0.717) is 11.1 Å². The van der Waals surface area contributed by atoms with Crippen LogP contribution in [0.25, 0.3) is 5.69 Å². The summed E-state index contributed by atoms with van der Waals surface area (Å²) >= 11 is 3.27. The Morgan fingerprint density at radius 3 is 2.77 bits per heavy atom. The maximum absolute atomic E-state index is 5.17. The quantitative estimate of drug-likeness (QED) is 0.758. The Hall–Kier alpha value is -2.08. The van der Waals surface area contributed by atoms with Gasteiger partial charge in [-0.2, -0.15) is 5.10 Å². The molecule has 0 saturated heterocycles. The molecule has 0 saturated carbocycles. The molecule has 0 aliphatic heterocycles. The normalized spacial score (nSPS) is 10.9. The summed E-state index contributed by atoms with van der Waals surface area (Å²) in [7, 11) is 0. The molecule has 2 heterocycles. The van der Waals surface area contributed by atoms with Crippen LogP contribution in [-0.4, -0.2) is 14.9 Å². The molecule has 5 nitrogen and oxygen atoms in total. The Labute approximate surface area is 137 Å². The first-order valence-electron chi connectivity index (χ1n) is 7.02. The topological polar surface area (TPSA) is 55.9 Å². The van der Waals surface area contributed by atoms with Gasteiger partial charge in [-0.15, -0.1) is 0 Å². The molecular weight excluding hydrogens is 344 g/mol. The van der Waals surface area contributed by atoms with Crippen LogP contribution in [0.4, 0.5) is 5.69 Å². The van der Waals surface area contributed by atoms with Gasteiger partial charge in [0, 0.05) is 6.07 Å². The van der Waals surface area contributed by atoms with Gasteiger partial charge in [-0.25, -0.2) is 4.68 Å². The Kier molecular flexibility index (Phi) is 4.02. The van der Waals surface area contributed by atoms with Crippen molar-refractivity contribution in [2.45, 2.75) is 27.3 Å². The summed E-state index contributed by atoms with van der Waals surface area (Å²) in [5, 5.41) is 11.6. The molecule has 0 atom stereocenters. The maximum atomic E-state index is 5.17. The van der Waals surface area contributed by atoms with Crippen molar-refractivity contribution in [3.8, 4) is 5.69 Å². The van der Waals surface area contributed by atoms with E-state index in [1.54, 1.807) is 0 Å². The summed E-state index contributed by atoms with van der Waals surface area (Å²) in [5.41, 5.74) is 5.56. The van der Waals surface area contributed by atoms with Gasteiger partial charge in [0.2, 0.25) is 0 Å². The molecule has 1 aromatic carbocycles. The molecule has 0 aliphatic carbocycles. The average molecular weight is 361 g/mol. The molecule has 3 aromatic rings. The van der Waals surface area contributed by atoms with Crippen LogP contribution in [0.15, 0.2) is 39.6 Å². The number of nitrogens with zero attached hydrogens (tertiary/aromatic N) is 3. The van der Waals surface area contributed by atoms with Gasteiger partial charge >= 0.3 is 0 Å². The van der Waals surface area contributed by atoms with Gasteiger partial charge in [0.25, 0.3) is 0 Å². The number of aromatic nitrogens is 3. The number of hydrogen-bond donors (Lipinski definition) is 1. The van der Waals surface area contributed by atoms with Gasteiger partial charge < -0.3 is 9.84 Å². The van der Waals surface area contributed by atoms with Crippen molar-refractivity contribution in [3.05, 3.63) is 57.6 Å². The van der Waals surface area contributed by atoms with E-state index in [9.17, 15) is 0 Å². The zero-order valence-electron chi connectivity index (χ0n) is 12.7. The average Bonchev–Trinajstić information content (AvgIpc) is 3.06. The highest BCUT2D eigenvalue weighted by atomic mass is 79.9. The van der Waals surface area contributed by atoms with Crippen molar-refractivity contribution in [2.24, 2.45) is 0 Å². The van der Waals surface area contributed by atoms with E-state index in [0.717, 1.165) is 22.8 Å². The molecule has 22 heavy (non-hydrogen) atoms. The fourth-order valence-corrected chi connectivity index (χ4v) is 2.65. The van der Waals surface area contributed by atoms with Crippen LogP contribution in [-0.2, 0) is 6.54 Å². The van der Waals surface area contributed by atoms with Crippen molar-refractivity contribution < 1.29 is 4.52 Å². The molecule has 0 unspecified atom stereocenters. The highest BCUT2D eigenvalue weighted by molar-refractivity contribution is 9.10. The van der Waals surface area contributed by atoms with Crippen molar-refractivity contribution in [1.82, 2.24) is 14.9 Å². The summed E-state index contributed by atoms with van der Waals surface area (Å²) in [6.45, 7) is 6.79. The lowest BCUT2D eigenvalue weighted by molar-refractivity contribution is 0.384. The molecule has 0 amide bonds. The number of benzene rings is 1. The number of halogens is 1. The molecular formula is C16H17BrN4O. The van der Waals surface area contributed by atoms with Gasteiger partial charge in [0.05, 0.1) is 29.8 Å². The van der Waals surface area contributed by atoms with Gasteiger partial charge in [0.15, 0.2) is 5.76 Å². The Bertz CT molecular complexity index is 806. The minimum atomic E-state index is 0.567. The lowest BCUT2D eigenvalue weighted by Crippen LogP contribution is -2.03. The van der Waals surface area contributed by atoms with Gasteiger partial charge in [0.1, 0.15) is 4.60 Å². The monoisotopic (exact) mass is 360 g/mol. The third-order valence-corrected chi connectivity index (χ3v) is 3.96. The maximum Gasteiger partial charge on any atom is 0.156 e. The first-order chi connectivity index (χ1) is 10.5. The fourth-order valence-electron chi connectivity index (χ4n) is 2.33. The molecule has 6 heteroatoms. The van der Waals surface area contributed by atoms with E-state index >= 15 is 0 Å². The minimum Gasteiger partial charge on any atom is -0.375 e. The third kappa shape index (κ3) is 2.92. The fraction of sp³-hybridized carbons (Fsp3) is 0.250. The van der Waals surface area contributed by atoms with E-state index < -0.39 is 0 Å². The van der Waals surface area contributed by atoms with Crippen LogP contribution in [0.2, 0.25) is 0 Å². The molecule has 0 fully saturated rings. The van der Waals surface area contributed by atoms with Crippen LogP contribution in [0.5, 0.6) is 0 Å². The Morgan fingerprint density at radius 1 is 1.23 bits per heavy atom. The molecule has 0 radical (unpaired) electrons. The second-order valence-corrected chi connectivity index (χ2v) is 6.13. The minimum absolute atomic E-state index is 0.567. The van der Waals surface area contributed by atoms with Crippen molar-refractivity contribution >= 4 is 21.6 Å². The number of aryl methyl sites for hydroxylation is 2. The first-order valence-corrected chi connectivity index (χ1v) is 7.81. The zero-order valence-corrected chi connectivity index (χ0v) is 14.3. The molecule has 3 rings (SSSR count). The van der Waals surface area contributed by atoms with Gasteiger partial charge in [-0.1, -0.05) is 17.3 Å². The van der Waals surface area contributed by atoms with Gasteiger partial charge in [-0.3, -0.25) is 0 Å². The van der Waals surface area contributed by atoms with E-state index in [-0.39, 0.29) is 0 Å². The smallest absolute Gasteiger partial charge is 0.156 e. The van der Waals surface area contributed by atoms with Crippen molar-refractivity contribution in [2.75, 3.05) is 5.32 Å². The highest BCUT2D eigenvalue weighted by Gasteiger charge is 2.11. The first kappa shape index (κ1) is 14.8. The molecule has 0 spiro atoms. The number of anilines is 1. The van der Waals surface area contributed by atoms with E-state index in [1.165, 1.54) is 11.1 Å². The zero-order chi connectivity index (χ0) is 15.7. The van der Waals surface area contributed by atoms with Crippen LogP contribution in [0.3, 0.4) is 0 Å². The molecule has 1 N–H and O–H groups in total. The largest absolute Gasteiger partial charge is 0.375 e. The van der Waals surface area contributed by atoms with E-state index in [2.05, 4.69) is 63.5 Å². The Morgan fingerprint density at radius 2 is 2.05 bits per heavy atom. The van der Waals surface area contributed by atoms with E-state index in [4.69, 9.17) is 4.52 Å². The van der Waals surface area contributed by atoms with Gasteiger partial charge in [-0.05, 0) is 53.9 Å². The number of rotatable bonds is 4. The number of hydrogen-bond acceptors (Lipinski definition) is 4. The lowest BCUT2D eigenvalue weighted by Gasteiger charge is -2.10. The standard InChI is InChI=1S/C16H17BrN4O/c1-10-4-5-11(2)15(6-10)21-12(3)14(9-19-21)18-8-13-7-16(17)20-22-13/h4-7,9,18H,8H2,1-3H3. The second kappa shape index (κ2) is 5.96. The van der Waals surface area contributed by atoms with Crippen molar-refractivity contribution in [3.63, 3.8) is 0 Å². The number of nitrogens with one attached hydrogen (secondary N) is 1. The summed E-state index contributed by atoms with van der Waals surface area (Å²) in [5.74, 6) is 0.769. The molecule has 0 aliphatic rings. The van der Waals surface area contributed by atoms with Crippen LogP contribution < -0.4 is 5.32 Å². The van der Waals surface area contributed by atoms with Crippen LogP contribution in [0.1, 0.15) is 22.6 Å². The summed E-state index contributed by atoms with van der Waals surface area (Å²) in [6.07, 6.45) is 1.84. The third-order valence-electron chi connectivity index (χ3n) is 3.59. The lowest BCUT2D eigenvalue weighted by atomic mass is 10.1. The molecule has 0 bridgehead atoms. The highest BCUT2D eigenvalue weighted by Crippen LogP contribution is 2.22. The molecule has 114 valence electrons. The second-order valence-electron chi connectivity index (χ2n) is 5.31. The Balaban J connectivity index is 1.84. The predicted octanol–water partition coefficient (Wildman–Crippen LogP) is 4.16. The van der Waals surface area contributed by atoms with E-state index in [1.807, 2.05) is 23.9 Å². The summed E-state index contributed by atoms with van der Waals surface area (Å²) in [4.78, 5) is 0. The summed E-state index contributed by atoms with van der Waals surface area (Å²) in [6, 6.07) is 8.22. The van der Waals surface area contributed by atoms with Crippen LogP contribution >= 0.6 is 15.9 Å². The predicted molar refractivity (Wildman–Crippen MR) is 89.3 cm³/mol.